The van der Waals surface area contributed by atoms with E-state index in [0.29, 0.717) is 39.9 Å². The topological polar surface area (TPSA) is 111 Å². The zero-order valence-corrected chi connectivity index (χ0v) is 18.8. The number of nitrogens with one attached hydrogen (secondary N) is 3. The SMILES string of the molecule is COc1cc2nccc(Oc3ccc(NC(=O)NC(=O)Nc4ccc(F)cc4)cc3)c2cc1OC. The lowest BCUT2D eigenvalue weighted by atomic mass is 10.2. The van der Waals surface area contributed by atoms with E-state index in [4.69, 9.17) is 14.2 Å². The van der Waals surface area contributed by atoms with Crippen LogP contribution in [0.4, 0.5) is 25.4 Å². The maximum absolute atomic E-state index is 12.9. The molecule has 0 atom stereocenters. The molecule has 0 saturated heterocycles. The smallest absolute Gasteiger partial charge is 0.327 e. The quantitative estimate of drug-likeness (QED) is 0.337. The van der Waals surface area contributed by atoms with Crippen LogP contribution in [0.2, 0.25) is 0 Å². The van der Waals surface area contributed by atoms with E-state index in [1.165, 1.54) is 24.3 Å². The Labute approximate surface area is 199 Å². The van der Waals surface area contributed by atoms with E-state index in [1.54, 1.807) is 62.9 Å². The first kappa shape index (κ1) is 23.3. The number of ether oxygens (including phenoxy) is 3. The van der Waals surface area contributed by atoms with E-state index >= 15 is 0 Å². The van der Waals surface area contributed by atoms with Gasteiger partial charge in [-0.3, -0.25) is 10.3 Å². The Morgan fingerprint density at radius 3 is 1.94 bits per heavy atom. The van der Waals surface area contributed by atoms with Crippen LogP contribution in [-0.2, 0) is 0 Å². The van der Waals surface area contributed by atoms with Gasteiger partial charge < -0.3 is 24.8 Å². The van der Waals surface area contributed by atoms with Crippen LogP contribution in [0, 0.1) is 5.82 Å². The van der Waals surface area contributed by atoms with Gasteiger partial charge in [-0.15, -0.1) is 0 Å². The molecule has 35 heavy (non-hydrogen) atoms. The van der Waals surface area contributed by atoms with Crippen molar-refractivity contribution in [1.29, 1.82) is 0 Å². The molecule has 1 aromatic heterocycles. The molecule has 10 heteroatoms. The summed E-state index contributed by atoms with van der Waals surface area (Å²) in [5, 5.41) is 7.85. The third kappa shape index (κ3) is 5.74. The predicted molar refractivity (Wildman–Crippen MR) is 129 cm³/mol. The van der Waals surface area contributed by atoms with Crippen molar-refractivity contribution in [3.63, 3.8) is 0 Å². The summed E-state index contributed by atoms with van der Waals surface area (Å²) in [5.41, 5.74) is 1.46. The van der Waals surface area contributed by atoms with Crippen molar-refractivity contribution in [3.05, 3.63) is 78.7 Å². The van der Waals surface area contributed by atoms with Crippen molar-refractivity contribution in [2.24, 2.45) is 0 Å². The fourth-order valence-corrected chi connectivity index (χ4v) is 3.23. The molecule has 0 unspecified atom stereocenters. The summed E-state index contributed by atoms with van der Waals surface area (Å²) in [5.74, 6) is 1.76. The number of halogens is 1. The maximum atomic E-state index is 12.9. The average molecular weight is 476 g/mol. The van der Waals surface area contributed by atoms with Crippen molar-refractivity contribution >= 4 is 34.3 Å². The summed E-state index contributed by atoms with van der Waals surface area (Å²) < 4.78 is 29.6. The highest BCUT2D eigenvalue weighted by molar-refractivity contribution is 6.05. The van der Waals surface area contributed by atoms with Gasteiger partial charge in [0, 0.05) is 29.0 Å². The monoisotopic (exact) mass is 476 g/mol. The van der Waals surface area contributed by atoms with Crippen molar-refractivity contribution in [2.45, 2.75) is 0 Å². The van der Waals surface area contributed by atoms with Gasteiger partial charge in [0.1, 0.15) is 17.3 Å². The molecule has 3 aromatic carbocycles. The molecule has 0 saturated carbocycles. The molecule has 9 nitrogen and oxygen atoms in total. The number of carbonyl (C=O) groups excluding carboxylic acids is 2. The van der Waals surface area contributed by atoms with Crippen LogP contribution in [0.3, 0.4) is 0 Å². The van der Waals surface area contributed by atoms with Crippen molar-refractivity contribution in [1.82, 2.24) is 10.3 Å². The van der Waals surface area contributed by atoms with Crippen LogP contribution in [0.25, 0.3) is 10.9 Å². The average Bonchev–Trinajstić information content (AvgIpc) is 2.85. The molecule has 0 fully saturated rings. The van der Waals surface area contributed by atoms with Crippen LogP contribution in [0.5, 0.6) is 23.0 Å². The normalized spacial score (nSPS) is 10.4. The zero-order chi connectivity index (χ0) is 24.8. The summed E-state index contributed by atoms with van der Waals surface area (Å²) in [6.45, 7) is 0. The molecule has 178 valence electrons. The molecule has 4 rings (SSSR count). The zero-order valence-electron chi connectivity index (χ0n) is 18.8. The van der Waals surface area contributed by atoms with Crippen LogP contribution in [0.15, 0.2) is 72.9 Å². The number of hydrogen-bond donors (Lipinski definition) is 3. The van der Waals surface area contributed by atoms with Gasteiger partial charge in [-0.1, -0.05) is 0 Å². The fraction of sp³-hybridized carbons (Fsp3) is 0.0800. The number of methoxy groups -OCH3 is 2. The number of aromatic nitrogens is 1. The number of carbonyl (C=O) groups is 2. The summed E-state index contributed by atoms with van der Waals surface area (Å²) in [7, 11) is 3.10. The van der Waals surface area contributed by atoms with Gasteiger partial charge in [0.25, 0.3) is 0 Å². The Bertz CT molecular complexity index is 1360. The second kappa shape index (κ2) is 10.4. The minimum absolute atomic E-state index is 0.345. The molecule has 0 bridgehead atoms. The number of fused-ring (bicyclic) bond motifs is 1. The van der Waals surface area contributed by atoms with Gasteiger partial charge >= 0.3 is 12.1 Å². The van der Waals surface area contributed by atoms with Crippen LogP contribution >= 0.6 is 0 Å². The molecule has 1 heterocycles. The van der Waals surface area contributed by atoms with E-state index in [1.807, 2.05) is 0 Å². The Balaban J connectivity index is 1.39. The lowest BCUT2D eigenvalue weighted by Crippen LogP contribution is -2.37. The highest BCUT2D eigenvalue weighted by Crippen LogP contribution is 2.36. The van der Waals surface area contributed by atoms with Crippen LogP contribution in [0.1, 0.15) is 0 Å². The first-order chi connectivity index (χ1) is 16.9. The van der Waals surface area contributed by atoms with E-state index in [2.05, 4.69) is 20.9 Å². The van der Waals surface area contributed by atoms with Crippen molar-refractivity contribution in [3.8, 4) is 23.0 Å². The lowest BCUT2D eigenvalue weighted by Gasteiger charge is -2.13. The molecular formula is C25H21FN4O5. The first-order valence-electron chi connectivity index (χ1n) is 10.4. The third-order valence-corrected chi connectivity index (χ3v) is 4.88. The molecule has 4 aromatic rings. The van der Waals surface area contributed by atoms with Gasteiger partial charge in [-0.25, -0.2) is 14.0 Å². The van der Waals surface area contributed by atoms with Gasteiger partial charge in [-0.2, -0.15) is 0 Å². The minimum atomic E-state index is -0.759. The molecular weight excluding hydrogens is 455 g/mol. The fourth-order valence-electron chi connectivity index (χ4n) is 3.23. The highest BCUT2D eigenvalue weighted by atomic mass is 19.1. The number of urea groups is 2. The largest absolute Gasteiger partial charge is 0.493 e. The highest BCUT2D eigenvalue weighted by Gasteiger charge is 2.12. The van der Waals surface area contributed by atoms with E-state index in [9.17, 15) is 14.0 Å². The number of amides is 4. The number of nitrogens with zero attached hydrogens (tertiary/aromatic N) is 1. The second-order valence-corrected chi connectivity index (χ2v) is 7.20. The number of rotatable bonds is 6. The molecule has 4 amide bonds. The molecule has 0 aliphatic carbocycles. The Hall–Kier alpha value is -4.86. The number of pyridine rings is 1. The van der Waals surface area contributed by atoms with Gasteiger partial charge in [0.15, 0.2) is 11.5 Å². The lowest BCUT2D eigenvalue weighted by molar-refractivity contribution is 0.240. The van der Waals surface area contributed by atoms with E-state index in [-0.39, 0.29) is 0 Å². The molecule has 0 aliphatic heterocycles. The number of anilines is 2. The molecule has 3 N–H and O–H groups in total. The summed E-state index contributed by atoms with van der Waals surface area (Å²) in [6.07, 6.45) is 1.63. The number of hydrogen-bond acceptors (Lipinski definition) is 6. The molecule has 0 radical (unpaired) electrons. The summed E-state index contributed by atoms with van der Waals surface area (Å²) in [4.78, 5) is 28.4. The van der Waals surface area contributed by atoms with E-state index in [0.717, 1.165) is 5.39 Å². The minimum Gasteiger partial charge on any atom is -0.493 e. The van der Waals surface area contributed by atoms with Gasteiger partial charge in [0.2, 0.25) is 0 Å². The number of benzene rings is 3. The predicted octanol–water partition coefficient (Wildman–Crippen LogP) is 5.54. The van der Waals surface area contributed by atoms with Crippen molar-refractivity contribution < 1.29 is 28.2 Å². The second-order valence-electron chi connectivity index (χ2n) is 7.20. The van der Waals surface area contributed by atoms with Gasteiger partial charge in [0.05, 0.1) is 19.7 Å². The maximum Gasteiger partial charge on any atom is 0.327 e. The standard InChI is InChI=1S/C25H21FN4O5/c1-33-22-13-19-20(14-23(22)34-2)27-12-11-21(19)35-18-9-7-17(8-10-18)29-25(32)30-24(31)28-16-5-3-15(26)4-6-16/h3-14H,1-2H3,(H3,28,29,30,31,32). The van der Waals surface area contributed by atoms with Crippen molar-refractivity contribution in [2.75, 3.05) is 24.9 Å². The summed E-state index contributed by atoms with van der Waals surface area (Å²) in [6, 6.07) is 15.5. The first-order valence-corrected chi connectivity index (χ1v) is 10.4. The number of imide groups is 1. The summed E-state index contributed by atoms with van der Waals surface area (Å²) >= 11 is 0. The Morgan fingerprint density at radius 1 is 0.771 bits per heavy atom. The Kier molecular flexibility index (Phi) is 6.91. The Morgan fingerprint density at radius 2 is 1.34 bits per heavy atom. The van der Waals surface area contributed by atoms with Crippen LogP contribution in [-0.4, -0.2) is 31.3 Å². The third-order valence-electron chi connectivity index (χ3n) is 4.88. The molecule has 0 aliphatic rings. The molecule has 0 spiro atoms. The van der Waals surface area contributed by atoms with Crippen LogP contribution < -0.4 is 30.2 Å². The van der Waals surface area contributed by atoms with Gasteiger partial charge in [-0.05, 0) is 60.7 Å². The van der Waals surface area contributed by atoms with E-state index < -0.39 is 17.9 Å².